The number of para-hydroxylation sites is 1. The molecule has 94 valence electrons. The summed E-state index contributed by atoms with van der Waals surface area (Å²) >= 11 is 0. The van der Waals surface area contributed by atoms with Crippen LogP contribution in [0.2, 0.25) is 0 Å². The van der Waals surface area contributed by atoms with Crippen molar-refractivity contribution in [3.63, 3.8) is 0 Å². The van der Waals surface area contributed by atoms with Crippen molar-refractivity contribution in [1.82, 2.24) is 10.3 Å². The fourth-order valence-electron chi connectivity index (χ4n) is 1.71. The van der Waals surface area contributed by atoms with Gasteiger partial charge in [-0.05, 0) is 19.1 Å². The van der Waals surface area contributed by atoms with Gasteiger partial charge in [-0.2, -0.15) is 0 Å². The molecule has 1 heterocycles. The highest BCUT2D eigenvalue weighted by atomic mass is 16.5. The Morgan fingerprint density at radius 3 is 2.94 bits per heavy atom. The van der Waals surface area contributed by atoms with Crippen molar-refractivity contribution in [3.05, 3.63) is 42.1 Å². The molecule has 0 saturated carbocycles. The molecule has 0 saturated heterocycles. The Morgan fingerprint density at radius 2 is 2.11 bits per heavy atom. The van der Waals surface area contributed by atoms with Crippen molar-refractivity contribution in [2.45, 2.75) is 13.5 Å². The van der Waals surface area contributed by atoms with Gasteiger partial charge in [0.15, 0.2) is 0 Å². The number of ether oxygens (including phenoxy) is 1. The predicted molar refractivity (Wildman–Crippen MR) is 70.1 cm³/mol. The molecule has 0 amide bonds. The summed E-state index contributed by atoms with van der Waals surface area (Å²) in [6.45, 7) is 2.98. The van der Waals surface area contributed by atoms with Gasteiger partial charge in [-0.25, -0.2) is 0 Å². The van der Waals surface area contributed by atoms with E-state index in [9.17, 15) is 4.79 Å². The van der Waals surface area contributed by atoms with Crippen molar-refractivity contribution in [3.8, 4) is 0 Å². The van der Waals surface area contributed by atoms with E-state index in [1.54, 1.807) is 6.92 Å². The van der Waals surface area contributed by atoms with E-state index in [0.717, 1.165) is 16.6 Å². The lowest BCUT2D eigenvalue weighted by atomic mass is 10.2. The average Bonchev–Trinajstić information content (AvgIpc) is 2.39. The number of nitrogens with zero attached hydrogens (tertiary/aromatic N) is 1. The Kier molecular flexibility index (Phi) is 4.25. The van der Waals surface area contributed by atoms with Crippen LogP contribution in [-0.4, -0.2) is 24.1 Å². The van der Waals surface area contributed by atoms with Gasteiger partial charge in [0, 0.05) is 11.9 Å². The Bertz CT molecular complexity index is 540. The van der Waals surface area contributed by atoms with E-state index in [4.69, 9.17) is 4.74 Å². The number of benzene rings is 1. The Hall–Kier alpha value is -1.94. The van der Waals surface area contributed by atoms with Crippen molar-refractivity contribution < 1.29 is 9.53 Å². The van der Waals surface area contributed by atoms with E-state index in [0.29, 0.717) is 13.2 Å². The molecular weight excluding hydrogens is 228 g/mol. The third-order valence-corrected chi connectivity index (χ3v) is 2.54. The Morgan fingerprint density at radius 1 is 1.28 bits per heavy atom. The molecule has 0 spiro atoms. The van der Waals surface area contributed by atoms with E-state index in [2.05, 4.69) is 10.3 Å². The maximum Gasteiger partial charge on any atom is 0.319 e. The second kappa shape index (κ2) is 6.12. The molecule has 1 aromatic carbocycles. The topological polar surface area (TPSA) is 51.2 Å². The van der Waals surface area contributed by atoms with Crippen LogP contribution in [0.4, 0.5) is 0 Å². The first-order valence-corrected chi connectivity index (χ1v) is 6.00. The highest BCUT2D eigenvalue weighted by molar-refractivity contribution is 5.78. The maximum atomic E-state index is 11.1. The van der Waals surface area contributed by atoms with Gasteiger partial charge in [-0.1, -0.05) is 24.3 Å². The van der Waals surface area contributed by atoms with Gasteiger partial charge in [-0.3, -0.25) is 9.78 Å². The molecule has 0 aliphatic heterocycles. The molecule has 4 heteroatoms. The second-order valence-corrected chi connectivity index (χ2v) is 3.90. The quantitative estimate of drug-likeness (QED) is 0.816. The average molecular weight is 244 g/mol. The number of hydrogen-bond donors (Lipinski definition) is 1. The third-order valence-electron chi connectivity index (χ3n) is 2.54. The number of pyridine rings is 1. The smallest absolute Gasteiger partial charge is 0.319 e. The van der Waals surface area contributed by atoms with Crippen LogP contribution in [0, 0.1) is 0 Å². The van der Waals surface area contributed by atoms with Gasteiger partial charge < -0.3 is 10.1 Å². The third kappa shape index (κ3) is 3.28. The van der Waals surface area contributed by atoms with Gasteiger partial charge in [0.05, 0.1) is 24.4 Å². The monoisotopic (exact) mass is 244 g/mol. The number of carbonyl (C=O) groups is 1. The summed E-state index contributed by atoms with van der Waals surface area (Å²) in [5.74, 6) is -0.238. The van der Waals surface area contributed by atoms with Crippen LogP contribution in [-0.2, 0) is 16.1 Å². The molecule has 1 N–H and O–H groups in total. The van der Waals surface area contributed by atoms with Gasteiger partial charge in [0.25, 0.3) is 0 Å². The molecule has 2 aromatic rings. The molecular formula is C14H16N2O2. The number of rotatable bonds is 5. The zero-order valence-corrected chi connectivity index (χ0v) is 10.3. The maximum absolute atomic E-state index is 11.1. The Balaban J connectivity index is 1.93. The van der Waals surface area contributed by atoms with Crippen LogP contribution in [0.3, 0.4) is 0 Å². The lowest BCUT2D eigenvalue weighted by molar-refractivity contribution is -0.142. The minimum atomic E-state index is -0.238. The van der Waals surface area contributed by atoms with Crippen molar-refractivity contribution in [2.24, 2.45) is 0 Å². The summed E-state index contributed by atoms with van der Waals surface area (Å²) in [5.41, 5.74) is 1.88. The number of esters is 1. The van der Waals surface area contributed by atoms with Gasteiger partial charge in [0.2, 0.25) is 0 Å². The van der Waals surface area contributed by atoms with E-state index in [1.807, 2.05) is 36.4 Å². The minimum Gasteiger partial charge on any atom is -0.465 e. The fraction of sp³-hybridized carbons (Fsp3) is 0.286. The molecule has 0 aliphatic carbocycles. The molecule has 2 rings (SSSR count). The number of carbonyl (C=O) groups excluding carboxylic acids is 1. The number of nitrogens with one attached hydrogen (secondary N) is 1. The fourth-order valence-corrected chi connectivity index (χ4v) is 1.71. The van der Waals surface area contributed by atoms with Gasteiger partial charge in [-0.15, -0.1) is 0 Å². The highest BCUT2D eigenvalue weighted by Gasteiger charge is 2.02. The molecule has 0 fully saturated rings. The largest absolute Gasteiger partial charge is 0.465 e. The van der Waals surface area contributed by atoms with E-state index in [-0.39, 0.29) is 12.5 Å². The number of hydrogen-bond acceptors (Lipinski definition) is 4. The first kappa shape index (κ1) is 12.5. The summed E-state index contributed by atoms with van der Waals surface area (Å²) in [5, 5.41) is 4.13. The standard InChI is InChI=1S/C14H16N2O2/c1-2-18-14(17)10-15-9-12-8-7-11-5-3-4-6-13(11)16-12/h3-8,15H,2,9-10H2,1H3. The van der Waals surface area contributed by atoms with Crippen molar-refractivity contribution in [2.75, 3.05) is 13.2 Å². The molecule has 0 atom stereocenters. The normalized spacial score (nSPS) is 10.5. The highest BCUT2D eigenvalue weighted by Crippen LogP contribution is 2.11. The van der Waals surface area contributed by atoms with E-state index in [1.165, 1.54) is 0 Å². The lowest BCUT2D eigenvalue weighted by Crippen LogP contribution is -2.24. The summed E-state index contributed by atoms with van der Waals surface area (Å²) in [6.07, 6.45) is 0. The summed E-state index contributed by atoms with van der Waals surface area (Å²) in [4.78, 5) is 15.6. The Labute approximate surface area is 106 Å². The first-order valence-electron chi connectivity index (χ1n) is 6.00. The van der Waals surface area contributed by atoms with Crippen LogP contribution < -0.4 is 5.32 Å². The zero-order valence-electron chi connectivity index (χ0n) is 10.3. The van der Waals surface area contributed by atoms with Crippen molar-refractivity contribution in [1.29, 1.82) is 0 Å². The second-order valence-electron chi connectivity index (χ2n) is 3.90. The molecule has 4 nitrogen and oxygen atoms in total. The molecule has 0 aliphatic rings. The summed E-state index contributed by atoms with van der Waals surface area (Å²) < 4.78 is 4.83. The SMILES string of the molecule is CCOC(=O)CNCc1ccc2ccccc2n1. The van der Waals surface area contributed by atoms with E-state index >= 15 is 0 Å². The van der Waals surface area contributed by atoms with Crippen LogP contribution in [0.1, 0.15) is 12.6 Å². The van der Waals surface area contributed by atoms with Gasteiger partial charge >= 0.3 is 5.97 Å². The molecule has 1 aromatic heterocycles. The minimum absolute atomic E-state index is 0.211. The van der Waals surface area contributed by atoms with Crippen molar-refractivity contribution >= 4 is 16.9 Å². The lowest BCUT2D eigenvalue weighted by Gasteiger charge is -2.05. The number of aromatic nitrogens is 1. The van der Waals surface area contributed by atoms with Crippen LogP contribution in [0.5, 0.6) is 0 Å². The predicted octanol–water partition coefficient (Wildman–Crippen LogP) is 1.89. The van der Waals surface area contributed by atoms with E-state index < -0.39 is 0 Å². The van der Waals surface area contributed by atoms with Crippen LogP contribution in [0.15, 0.2) is 36.4 Å². The molecule has 0 bridgehead atoms. The molecule has 18 heavy (non-hydrogen) atoms. The zero-order chi connectivity index (χ0) is 12.8. The summed E-state index contributed by atoms with van der Waals surface area (Å²) in [6, 6.07) is 11.9. The van der Waals surface area contributed by atoms with Crippen LogP contribution >= 0.6 is 0 Å². The van der Waals surface area contributed by atoms with Crippen LogP contribution in [0.25, 0.3) is 10.9 Å². The summed E-state index contributed by atoms with van der Waals surface area (Å²) in [7, 11) is 0. The first-order chi connectivity index (χ1) is 8.79. The number of fused-ring (bicyclic) bond motifs is 1. The molecule has 0 radical (unpaired) electrons. The van der Waals surface area contributed by atoms with Gasteiger partial charge in [0.1, 0.15) is 0 Å². The molecule has 0 unspecified atom stereocenters.